The van der Waals surface area contributed by atoms with E-state index in [0.717, 1.165) is 17.7 Å². The molecule has 0 amide bonds. The summed E-state index contributed by atoms with van der Waals surface area (Å²) < 4.78 is 0. The number of hydrogen-bond acceptors (Lipinski definition) is 4. The Morgan fingerprint density at radius 1 is 1.41 bits per heavy atom. The van der Waals surface area contributed by atoms with Crippen LogP contribution in [-0.2, 0) is 0 Å². The van der Waals surface area contributed by atoms with E-state index in [1.807, 2.05) is 25.3 Å². The highest BCUT2D eigenvalue weighted by atomic mass is 16.3. The molecule has 0 aromatic carbocycles. The van der Waals surface area contributed by atoms with Crippen molar-refractivity contribution in [3.05, 3.63) is 29.6 Å². The number of nitrogens with two attached hydrogens (primary N) is 1. The smallest absolute Gasteiger partial charge is 0.0526 e. The minimum Gasteiger partial charge on any atom is -0.393 e. The summed E-state index contributed by atoms with van der Waals surface area (Å²) in [5, 5.41) is 12.7. The van der Waals surface area contributed by atoms with Gasteiger partial charge in [-0.1, -0.05) is 6.07 Å². The van der Waals surface area contributed by atoms with Gasteiger partial charge in [0, 0.05) is 30.5 Å². The van der Waals surface area contributed by atoms with Gasteiger partial charge in [0.25, 0.3) is 0 Å². The number of hydrogen-bond donors (Lipinski definition) is 3. The van der Waals surface area contributed by atoms with E-state index >= 15 is 0 Å². The molecule has 17 heavy (non-hydrogen) atoms. The molecule has 3 unspecified atom stereocenters. The molecule has 3 atom stereocenters. The second-order valence-electron chi connectivity index (χ2n) is 4.67. The summed E-state index contributed by atoms with van der Waals surface area (Å²) in [6.45, 7) is 6.33. The Bertz CT molecular complexity index is 324. The van der Waals surface area contributed by atoms with Crippen LogP contribution in [0.25, 0.3) is 0 Å². The van der Waals surface area contributed by atoms with Gasteiger partial charge in [-0.05, 0) is 38.8 Å². The highest BCUT2D eigenvalue weighted by Crippen LogP contribution is 2.13. The van der Waals surface area contributed by atoms with Crippen molar-refractivity contribution in [1.82, 2.24) is 10.3 Å². The van der Waals surface area contributed by atoms with Gasteiger partial charge < -0.3 is 16.2 Å². The van der Waals surface area contributed by atoms with Crippen LogP contribution >= 0.6 is 0 Å². The Morgan fingerprint density at radius 3 is 2.59 bits per heavy atom. The fraction of sp³-hybridized carbons (Fsp3) is 0.615. The summed E-state index contributed by atoms with van der Waals surface area (Å²) >= 11 is 0. The summed E-state index contributed by atoms with van der Waals surface area (Å²) in [4.78, 5) is 4.27. The fourth-order valence-electron chi connectivity index (χ4n) is 1.91. The molecular weight excluding hydrogens is 214 g/mol. The molecule has 96 valence electrons. The van der Waals surface area contributed by atoms with Gasteiger partial charge in [-0.15, -0.1) is 0 Å². The first-order valence-electron chi connectivity index (χ1n) is 6.09. The van der Waals surface area contributed by atoms with Crippen molar-refractivity contribution in [2.45, 2.75) is 45.4 Å². The standard InChI is InChI=1S/C13H23N3O/c1-9-4-5-12(8-15-9)13(7-14)16-10(2)6-11(3)17/h4-5,8,10-11,13,16-17H,6-7,14H2,1-3H3. The molecule has 4 nitrogen and oxygen atoms in total. The predicted molar refractivity (Wildman–Crippen MR) is 69.7 cm³/mol. The molecule has 0 fully saturated rings. The van der Waals surface area contributed by atoms with Crippen LogP contribution in [0.4, 0.5) is 0 Å². The first kappa shape index (κ1) is 14.1. The van der Waals surface area contributed by atoms with Gasteiger partial charge in [-0.2, -0.15) is 0 Å². The minimum absolute atomic E-state index is 0.0943. The minimum atomic E-state index is -0.299. The van der Waals surface area contributed by atoms with Gasteiger partial charge in [0.05, 0.1) is 6.10 Å². The summed E-state index contributed by atoms with van der Waals surface area (Å²) in [5.74, 6) is 0. The van der Waals surface area contributed by atoms with Crippen molar-refractivity contribution >= 4 is 0 Å². The zero-order chi connectivity index (χ0) is 12.8. The van der Waals surface area contributed by atoms with E-state index in [2.05, 4.69) is 17.2 Å². The molecule has 1 aromatic rings. The summed E-state index contributed by atoms with van der Waals surface area (Å²) in [6.07, 6.45) is 2.28. The lowest BCUT2D eigenvalue weighted by molar-refractivity contribution is 0.168. The molecule has 0 saturated carbocycles. The van der Waals surface area contributed by atoms with E-state index in [-0.39, 0.29) is 18.2 Å². The highest BCUT2D eigenvalue weighted by Gasteiger charge is 2.14. The van der Waals surface area contributed by atoms with Gasteiger partial charge in [0.2, 0.25) is 0 Å². The Hall–Kier alpha value is -0.970. The number of pyridine rings is 1. The maximum absolute atomic E-state index is 9.33. The lowest BCUT2D eigenvalue weighted by Gasteiger charge is -2.23. The average molecular weight is 237 g/mol. The number of nitrogens with zero attached hydrogens (tertiary/aromatic N) is 1. The molecule has 0 bridgehead atoms. The number of rotatable bonds is 6. The molecule has 4 heteroatoms. The lowest BCUT2D eigenvalue weighted by Crippen LogP contribution is -2.36. The first-order chi connectivity index (χ1) is 8.02. The molecule has 1 heterocycles. The molecule has 0 aliphatic carbocycles. The van der Waals surface area contributed by atoms with Gasteiger partial charge in [-0.3, -0.25) is 4.98 Å². The molecule has 1 rings (SSSR count). The predicted octanol–water partition coefficient (Wildman–Crippen LogP) is 1.14. The van der Waals surface area contributed by atoms with Crippen molar-refractivity contribution in [3.8, 4) is 0 Å². The third-order valence-corrected chi connectivity index (χ3v) is 2.75. The maximum Gasteiger partial charge on any atom is 0.0526 e. The summed E-state index contributed by atoms with van der Waals surface area (Å²) in [6, 6.07) is 4.35. The molecular formula is C13H23N3O. The molecule has 0 saturated heterocycles. The van der Waals surface area contributed by atoms with Crippen LogP contribution in [-0.4, -0.2) is 28.8 Å². The van der Waals surface area contributed by atoms with Crippen LogP contribution in [0.5, 0.6) is 0 Å². The van der Waals surface area contributed by atoms with Gasteiger partial charge in [0.1, 0.15) is 0 Å². The van der Waals surface area contributed by atoms with Crippen molar-refractivity contribution in [1.29, 1.82) is 0 Å². The van der Waals surface area contributed by atoms with Crippen LogP contribution in [0.15, 0.2) is 18.3 Å². The second kappa shape index (κ2) is 6.69. The zero-order valence-corrected chi connectivity index (χ0v) is 10.9. The van der Waals surface area contributed by atoms with E-state index in [1.54, 1.807) is 6.92 Å². The number of nitrogens with one attached hydrogen (secondary N) is 1. The molecule has 0 spiro atoms. The molecule has 0 aliphatic heterocycles. The monoisotopic (exact) mass is 237 g/mol. The van der Waals surface area contributed by atoms with E-state index in [1.165, 1.54) is 0 Å². The molecule has 0 aliphatic rings. The number of aliphatic hydroxyl groups excluding tert-OH is 1. The number of aryl methyl sites for hydroxylation is 1. The SMILES string of the molecule is Cc1ccc(C(CN)NC(C)CC(C)O)cn1. The summed E-state index contributed by atoms with van der Waals surface area (Å²) in [7, 11) is 0. The van der Waals surface area contributed by atoms with Crippen molar-refractivity contribution < 1.29 is 5.11 Å². The van der Waals surface area contributed by atoms with Crippen LogP contribution in [0.3, 0.4) is 0 Å². The quantitative estimate of drug-likeness (QED) is 0.694. The Kier molecular flexibility index (Phi) is 5.55. The van der Waals surface area contributed by atoms with Crippen LogP contribution in [0.1, 0.15) is 37.6 Å². The van der Waals surface area contributed by atoms with E-state index in [4.69, 9.17) is 5.73 Å². The Morgan fingerprint density at radius 2 is 2.12 bits per heavy atom. The molecule has 0 radical (unpaired) electrons. The fourth-order valence-corrected chi connectivity index (χ4v) is 1.91. The molecule has 4 N–H and O–H groups in total. The van der Waals surface area contributed by atoms with E-state index in [9.17, 15) is 5.11 Å². The molecule has 1 aromatic heterocycles. The number of aromatic nitrogens is 1. The van der Waals surface area contributed by atoms with Crippen molar-refractivity contribution in [3.63, 3.8) is 0 Å². The normalized spacial score (nSPS) is 16.5. The average Bonchev–Trinajstić information content (AvgIpc) is 2.26. The highest BCUT2D eigenvalue weighted by molar-refractivity contribution is 5.17. The van der Waals surface area contributed by atoms with E-state index in [0.29, 0.717) is 6.54 Å². The van der Waals surface area contributed by atoms with Crippen molar-refractivity contribution in [2.75, 3.05) is 6.54 Å². The summed E-state index contributed by atoms with van der Waals surface area (Å²) in [5.41, 5.74) is 7.86. The van der Waals surface area contributed by atoms with E-state index < -0.39 is 0 Å². The van der Waals surface area contributed by atoms with Crippen LogP contribution < -0.4 is 11.1 Å². The zero-order valence-electron chi connectivity index (χ0n) is 10.9. The van der Waals surface area contributed by atoms with Gasteiger partial charge >= 0.3 is 0 Å². The maximum atomic E-state index is 9.33. The largest absolute Gasteiger partial charge is 0.393 e. The topological polar surface area (TPSA) is 71.2 Å². The second-order valence-corrected chi connectivity index (χ2v) is 4.67. The van der Waals surface area contributed by atoms with Crippen LogP contribution in [0, 0.1) is 6.92 Å². The Balaban J connectivity index is 2.62. The third kappa shape index (κ3) is 4.81. The van der Waals surface area contributed by atoms with Gasteiger partial charge in [-0.25, -0.2) is 0 Å². The Labute approximate surface area is 103 Å². The number of aliphatic hydroxyl groups is 1. The van der Waals surface area contributed by atoms with Crippen LogP contribution in [0.2, 0.25) is 0 Å². The first-order valence-corrected chi connectivity index (χ1v) is 6.09. The third-order valence-electron chi connectivity index (χ3n) is 2.75. The van der Waals surface area contributed by atoms with Gasteiger partial charge in [0.15, 0.2) is 0 Å². The lowest BCUT2D eigenvalue weighted by atomic mass is 10.1. The van der Waals surface area contributed by atoms with Crippen molar-refractivity contribution in [2.24, 2.45) is 5.73 Å².